The summed E-state index contributed by atoms with van der Waals surface area (Å²) in [4.78, 5) is 17.1. The molecule has 180 valence electrons. The smallest absolute Gasteiger partial charge is 0.241 e. The maximum absolute atomic E-state index is 13.4. The lowest BCUT2D eigenvalue weighted by Crippen LogP contribution is -2.53. The van der Waals surface area contributed by atoms with E-state index in [-0.39, 0.29) is 38.3 Å². The van der Waals surface area contributed by atoms with E-state index in [1.807, 2.05) is 29.2 Å². The fourth-order valence-electron chi connectivity index (χ4n) is 4.23. The lowest BCUT2D eigenvalue weighted by Gasteiger charge is -2.42. The molecule has 8 heteroatoms. The van der Waals surface area contributed by atoms with Crippen molar-refractivity contribution in [2.24, 2.45) is 0 Å². The average molecular weight is 492 g/mol. The van der Waals surface area contributed by atoms with E-state index in [1.165, 1.54) is 0 Å². The molecular weight excluding hydrogens is 466 g/mol. The third-order valence-electron chi connectivity index (χ3n) is 5.96. The molecule has 3 aromatic rings. The summed E-state index contributed by atoms with van der Waals surface area (Å²) in [7, 11) is 0. The molecule has 1 saturated heterocycles. The van der Waals surface area contributed by atoms with Crippen LogP contribution in [0.5, 0.6) is 5.75 Å². The highest BCUT2D eigenvalue weighted by molar-refractivity contribution is 6.30. The highest BCUT2D eigenvalue weighted by Crippen LogP contribution is 2.33. The van der Waals surface area contributed by atoms with E-state index in [0.717, 1.165) is 11.3 Å². The Morgan fingerprint density at radius 2 is 1.74 bits per heavy atom. The summed E-state index contributed by atoms with van der Waals surface area (Å²) >= 11 is 6.10. The largest absolute Gasteiger partial charge is 0.491 e. The van der Waals surface area contributed by atoms with E-state index in [1.54, 1.807) is 53.4 Å². The first-order valence-electron chi connectivity index (χ1n) is 11.3. The van der Waals surface area contributed by atoms with Crippen molar-refractivity contribution >= 4 is 23.2 Å². The minimum atomic E-state index is -0.795. The maximum atomic E-state index is 13.4. The van der Waals surface area contributed by atoms with E-state index >= 15 is 0 Å². The Hall–Kier alpha value is -3.41. The molecule has 3 aromatic carbocycles. The van der Waals surface area contributed by atoms with Gasteiger partial charge in [-0.2, -0.15) is 5.26 Å². The topological polar surface area (TPSA) is 97.0 Å². The number of halogens is 1. The monoisotopic (exact) mass is 491 g/mol. The Morgan fingerprint density at radius 3 is 2.37 bits per heavy atom. The van der Waals surface area contributed by atoms with E-state index in [4.69, 9.17) is 26.7 Å². The van der Waals surface area contributed by atoms with Crippen LogP contribution in [0.4, 0.5) is 5.69 Å². The molecular formula is C27H26ClN3O4. The van der Waals surface area contributed by atoms with E-state index in [0.29, 0.717) is 28.4 Å². The Labute approximate surface area is 209 Å². The Balaban J connectivity index is 1.57. The minimum absolute atomic E-state index is 0.0742. The number of hydrogen-bond acceptors (Lipinski definition) is 6. The SMILES string of the molecule is N#Cc1ccc([C@H](O)CN2CC(=O)N(c3ccc(OCCO)cc3)[C@H](c3ccc(Cl)cc3)C2)cc1. The van der Waals surface area contributed by atoms with Crippen molar-refractivity contribution in [3.8, 4) is 11.8 Å². The number of amides is 1. The summed E-state index contributed by atoms with van der Waals surface area (Å²) in [6.07, 6.45) is -0.795. The van der Waals surface area contributed by atoms with Gasteiger partial charge in [-0.1, -0.05) is 35.9 Å². The zero-order chi connectivity index (χ0) is 24.8. The van der Waals surface area contributed by atoms with Gasteiger partial charge in [0.05, 0.1) is 36.9 Å². The molecule has 0 radical (unpaired) electrons. The third-order valence-corrected chi connectivity index (χ3v) is 6.21. The van der Waals surface area contributed by atoms with Gasteiger partial charge < -0.3 is 19.8 Å². The van der Waals surface area contributed by atoms with Gasteiger partial charge in [-0.3, -0.25) is 9.69 Å². The van der Waals surface area contributed by atoms with Crippen LogP contribution in [0.1, 0.15) is 28.8 Å². The molecule has 0 bridgehead atoms. The summed E-state index contributed by atoms with van der Waals surface area (Å²) in [6, 6.07) is 23.2. The van der Waals surface area contributed by atoms with Crippen molar-refractivity contribution < 1.29 is 19.7 Å². The molecule has 1 fully saturated rings. The molecule has 1 amide bonds. The van der Waals surface area contributed by atoms with Gasteiger partial charge in [0.1, 0.15) is 12.4 Å². The molecule has 1 heterocycles. The van der Waals surface area contributed by atoms with Gasteiger partial charge in [0.15, 0.2) is 0 Å². The summed E-state index contributed by atoms with van der Waals surface area (Å²) in [6.45, 7) is 1.08. The molecule has 7 nitrogen and oxygen atoms in total. The van der Waals surface area contributed by atoms with Gasteiger partial charge in [0, 0.05) is 23.8 Å². The number of nitriles is 1. The summed E-state index contributed by atoms with van der Waals surface area (Å²) < 4.78 is 5.44. The van der Waals surface area contributed by atoms with E-state index < -0.39 is 6.10 Å². The molecule has 0 aromatic heterocycles. The number of carbonyl (C=O) groups is 1. The number of aliphatic hydroxyl groups is 2. The van der Waals surface area contributed by atoms with E-state index in [2.05, 4.69) is 6.07 Å². The Kier molecular flexibility index (Phi) is 8.01. The van der Waals surface area contributed by atoms with Crippen molar-refractivity contribution in [2.45, 2.75) is 12.1 Å². The van der Waals surface area contributed by atoms with Crippen LogP contribution in [0.15, 0.2) is 72.8 Å². The number of rotatable bonds is 8. The van der Waals surface area contributed by atoms with Crippen LogP contribution in [0.2, 0.25) is 5.02 Å². The number of piperazine rings is 1. The fraction of sp³-hybridized carbons (Fsp3) is 0.259. The van der Waals surface area contributed by atoms with Crippen molar-refractivity contribution in [1.29, 1.82) is 5.26 Å². The Morgan fingerprint density at radius 1 is 1.06 bits per heavy atom. The van der Waals surface area contributed by atoms with E-state index in [9.17, 15) is 9.90 Å². The first-order chi connectivity index (χ1) is 17.0. The van der Waals surface area contributed by atoms with Crippen LogP contribution in [-0.4, -0.2) is 53.9 Å². The second-order valence-electron chi connectivity index (χ2n) is 8.34. The Bertz CT molecular complexity index is 1180. The third kappa shape index (κ3) is 5.99. The van der Waals surface area contributed by atoms with Crippen molar-refractivity contribution in [2.75, 3.05) is 37.7 Å². The lowest BCUT2D eigenvalue weighted by molar-refractivity contribution is -0.122. The molecule has 0 unspecified atom stereocenters. The van der Waals surface area contributed by atoms with Crippen LogP contribution in [0.3, 0.4) is 0 Å². The molecule has 4 rings (SSSR count). The molecule has 1 aliphatic heterocycles. The number of benzene rings is 3. The highest BCUT2D eigenvalue weighted by atomic mass is 35.5. The van der Waals surface area contributed by atoms with Crippen LogP contribution < -0.4 is 9.64 Å². The van der Waals surface area contributed by atoms with Gasteiger partial charge in [0.2, 0.25) is 5.91 Å². The molecule has 0 aliphatic carbocycles. The van der Waals surface area contributed by atoms with Crippen molar-refractivity contribution in [3.63, 3.8) is 0 Å². The number of hydrogen-bond donors (Lipinski definition) is 2. The normalized spacial score (nSPS) is 17.1. The zero-order valence-electron chi connectivity index (χ0n) is 19.0. The fourth-order valence-corrected chi connectivity index (χ4v) is 4.36. The molecule has 0 spiro atoms. The van der Waals surface area contributed by atoms with Gasteiger partial charge >= 0.3 is 0 Å². The molecule has 2 N–H and O–H groups in total. The van der Waals surface area contributed by atoms with Gasteiger partial charge in [0.25, 0.3) is 0 Å². The predicted octanol–water partition coefficient (Wildman–Crippen LogP) is 3.71. The quantitative estimate of drug-likeness (QED) is 0.498. The number of anilines is 1. The number of aliphatic hydroxyl groups excluding tert-OH is 2. The van der Waals surface area contributed by atoms with Crippen molar-refractivity contribution in [3.05, 3.63) is 94.5 Å². The highest BCUT2D eigenvalue weighted by Gasteiger charge is 2.35. The molecule has 0 saturated carbocycles. The van der Waals surface area contributed by atoms with Gasteiger partial charge in [-0.05, 0) is 59.7 Å². The first kappa shape index (κ1) is 24.7. The molecule has 35 heavy (non-hydrogen) atoms. The average Bonchev–Trinajstić information content (AvgIpc) is 2.88. The first-order valence-corrected chi connectivity index (χ1v) is 11.7. The minimum Gasteiger partial charge on any atom is -0.491 e. The summed E-state index contributed by atoms with van der Waals surface area (Å²) in [5, 5.41) is 29.4. The zero-order valence-corrected chi connectivity index (χ0v) is 19.8. The molecule has 2 atom stereocenters. The summed E-state index contributed by atoms with van der Waals surface area (Å²) in [5.41, 5.74) is 2.89. The van der Waals surface area contributed by atoms with Crippen LogP contribution >= 0.6 is 11.6 Å². The number of β-amino-alcohol motifs (C(OH)–C–C–N with tert-alkyl or cyclic N) is 1. The number of ether oxygens (including phenoxy) is 1. The number of nitrogens with zero attached hydrogens (tertiary/aromatic N) is 3. The van der Waals surface area contributed by atoms with Crippen molar-refractivity contribution in [1.82, 2.24) is 4.90 Å². The standard InChI is InChI=1S/C27H26ClN3O4/c28-22-7-5-20(6-8-22)25-16-30(17-26(33)21-3-1-19(15-29)2-4-21)18-27(34)31(25)23-9-11-24(12-10-23)35-14-13-32/h1-12,25-26,32-33H,13-14,16-18H2/t25-,26+/m0/s1. The predicted molar refractivity (Wildman–Crippen MR) is 133 cm³/mol. The maximum Gasteiger partial charge on any atom is 0.241 e. The van der Waals surface area contributed by atoms with Crippen LogP contribution in [0, 0.1) is 11.3 Å². The second kappa shape index (κ2) is 11.3. The van der Waals surface area contributed by atoms with Gasteiger partial charge in [-0.15, -0.1) is 0 Å². The van der Waals surface area contributed by atoms with Crippen LogP contribution in [-0.2, 0) is 4.79 Å². The molecule has 1 aliphatic rings. The van der Waals surface area contributed by atoms with Gasteiger partial charge in [-0.25, -0.2) is 0 Å². The summed E-state index contributed by atoms with van der Waals surface area (Å²) in [5.74, 6) is 0.523. The number of carbonyl (C=O) groups excluding carboxylic acids is 1. The van der Waals surface area contributed by atoms with Crippen LogP contribution in [0.25, 0.3) is 0 Å². The lowest BCUT2D eigenvalue weighted by atomic mass is 9.99. The second-order valence-corrected chi connectivity index (χ2v) is 8.78.